The first kappa shape index (κ1) is 27.5. The van der Waals surface area contributed by atoms with E-state index in [1.165, 1.54) is 0 Å². The van der Waals surface area contributed by atoms with Gasteiger partial charge in [-0.15, -0.1) is 24.0 Å². The minimum absolute atomic E-state index is 0. The smallest absolute Gasteiger partial charge is 0.321 e. The maximum atomic E-state index is 12.3. The Hall–Kier alpha value is -1.55. The molecule has 0 aliphatic carbocycles. The van der Waals surface area contributed by atoms with Gasteiger partial charge in [0.25, 0.3) is 0 Å². The Bertz CT molecular complexity index is 680. The standard InChI is InChI=1S/C23H40N6O.HI/c1-6-24-22(25-12-15-29(18(2)3)19(4)5)26-17-20-10-9-11-21(16-20)27-23(30)28-13-7-8-14-28;/h9-11,16,18-19H,6-8,12-15,17H2,1-5H3,(H,27,30)(H2,24,25,26);1H. The van der Waals surface area contributed by atoms with Crippen LogP contribution in [0.15, 0.2) is 29.3 Å². The second kappa shape index (κ2) is 14.5. The molecule has 1 aliphatic rings. The van der Waals surface area contributed by atoms with Crippen molar-refractivity contribution in [2.45, 2.75) is 66.1 Å². The van der Waals surface area contributed by atoms with E-state index in [4.69, 9.17) is 4.99 Å². The largest absolute Gasteiger partial charge is 0.357 e. The van der Waals surface area contributed by atoms with Gasteiger partial charge in [0.15, 0.2) is 5.96 Å². The van der Waals surface area contributed by atoms with Crippen LogP contribution in [0.1, 0.15) is 53.0 Å². The molecule has 1 aromatic carbocycles. The fourth-order valence-corrected chi connectivity index (χ4v) is 3.80. The van der Waals surface area contributed by atoms with Crippen LogP contribution in [-0.4, -0.2) is 66.6 Å². The van der Waals surface area contributed by atoms with E-state index in [2.05, 4.69) is 55.5 Å². The highest BCUT2D eigenvalue weighted by molar-refractivity contribution is 14.0. The van der Waals surface area contributed by atoms with Gasteiger partial charge in [-0.05, 0) is 65.2 Å². The van der Waals surface area contributed by atoms with Crippen LogP contribution in [0.3, 0.4) is 0 Å². The SMILES string of the molecule is CCNC(=NCc1cccc(NC(=O)N2CCCC2)c1)NCCN(C(C)C)C(C)C.I. The average molecular weight is 545 g/mol. The van der Waals surface area contributed by atoms with Crippen molar-refractivity contribution in [2.24, 2.45) is 4.99 Å². The number of hydrogen-bond donors (Lipinski definition) is 3. The lowest BCUT2D eigenvalue weighted by molar-refractivity contribution is 0.178. The third-order valence-electron chi connectivity index (χ3n) is 5.32. The lowest BCUT2D eigenvalue weighted by Crippen LogP contribution is -2.45. The van der Waals surface area contributed by atoms with Gasteiger partial charge in [0.05, 0.1) is 6.54 Å². The summed E-state index contributed by atoms with van der Waals surface area (Å²) < 4.78 is 0. The predicted octanol–water partition coefficient (Wildman–Crippen LogP) is 4.11. The molecule has 0 atom stereocenters. The van der Waals surface area contributed by atoms with E-state index in [9.17, 15) is 4.79 Å². The number of hydrogen-bond acceptors (Lipinski definition) is 3. The number of nitrogens with one attached hydrogen (secondary N) is 3. The number of halogens is 1. The number of nitrogens with zero attached hydrogens (tertiary/aromatic N) is 3. The van der Waals surface area contributed by atoms with Crippen LogP contribution in [0.25, 0.3) is 0 Å². The Labute approximate surface area is 205 Å². The van der Waals surface area contributed by atoms with Crippen LogP contribution in [0.4, 0.5) is 10.5 Å². The summed E-state index contributed by atoms with van der Waals surface area (Å²) in [5, 5.41) is 9.76. The van der Waals surface area contributed by atoms with Crippen LogP contribution in [0, 0.1) is 0 Å². The summed E-state index contributed by atoms with van der Waals surface area (Å²) in [6, 6.07) is 8.96. The van der Waals surface area contributed by atoms with Crippen molar-refractivity contribution in [1.29, 1.82) is 0 Å². The van der Waals surface area contributed by atoms with E-state index in [0.29, 0.717) is 18.6 Å². The monoisotopic (exact) mass is 544 g/mol. The van der Waals surface area contributed by atoms with Crippen LogP contribution < -0.4 is 16.0 Å². The van der Waals surface area contributed by atoms with Gasteiger partial charge >= 0.3 is 6.03 Å². The predicted molar refractivity (Wildman–Crippen MR) is 141 cm³/mol. The molecule has 0 saturated carbocycles. The zero-order valence-corrected chi connectivity index (χ0v) is 22.1. The fraction of sp³-hybridized carbons (Fsp3) is 0.652. The van der Waals surface area contributed by atoms with E-state index in [1.54, 1.807) is 0 Å². The Morgan fingerprint density at radius 3 is 2.42 bits per heavy atom. The molecule has 2 amide bonds. The molecule has 1 heterocycles. The van der Waals surface area contributed by atoms with Crippen LogP contribution in [-0.2, 0) is 6.54 Å². The molecular weight excluding hydrogens is 503 g/mol. The molecule has 0 bridgehead atoms. The molecular formula is C23H41IN6O. The number of carbonyl (C=O) groups is 1. The number of aliphatic imine (C=N–C) groups is 1. The number of anilines is 1. The van der Waals surface area contributed by atoms with Crippen molar-refractivity contribution in [3.63, 3.8) is 0 Å². The molecule has 0 radical (unpaired) electrons. The van der Waals surface area contributed by atoms with E-state index in [0.717, 1.165) is 62.8 Å². The first-order chi connectivity index (χ1) is 14.4. The third-order valence-corrected chi connectivity index (χ3v) is 5.32. The molecule has 3 N–H and O–H groups in total. The van der Waals surface area contributed by atoms with E-state index < -0.39 is 0 Å². The quantitative estimate of drug-likeness (QED) is 0.249. The Balaban J connectivity index is 0.00000480. The highest BCUT2D eigenvalue weighted by Crippen LogP contribution is 2.14. The van der Waals surface area contributed by atoms with Crippen LogP contribution in [0.2, 0.25) is 0 Å². The number of likely N-dealkylation sites (tertiary alicyclic amines) is 1. The van der Waals surface area contributed by atoms with Crippen molar-refractivity contribution in [1.82, 2.24) is 20.4 Å². The van der Waals surface area contributed by atoms with Gasteiger partial charge in [0.1, 0.15) is 0 Å². The summed E-state index contributed by atoms with van der Waals surface area (Å²) in [5.41, 5.74) is 1.89. The number of amides is 2. The van der Waals surface area contributed by atoms with Gasteiger partial charge in [-0.1, -0.05) is 12.1 Å². The van der Waals surface area contributed by atoms with Gasteiger partial charge in [0, 0.05) is 50.5 Å². The van der Waals surface area contributed by atoms with Crippen molar-refractivity contribution >= 4 is 41.7 Å². The number of rotatable bonds is 9. The van der Waals surface area contributed by atoms with Gasteiger partial charge < -0.3 is 20.9 Å². The minimum Gasteiger partial charge on any atom is -0.357 e. The van der Waals surface area contributed by atoms with Crippen molar-refractivity contribution in [3.8, 4) is 0 Å². The molecule has 0 unspecified atom stereocenters. The number of urea groups is 1. The molecule has 31 heavy (non-hydrogen) atoms. The maximum absolute atomic E-state index is 12.3. The van der Waals surface area contributed by atoms with Crippen LogP contribution >= 0.6 is 24.0 Å². The van der Waals surface area contributed by atoms with Gasteiger partial charge in [-0.2, -0.15) is 0 Å². The molecule has 0 spiro atoms. The van der Waals surface area contributed by atoms with E-state index in [-0.39, 0.29) is 30.0 Å². The lowest BCUT2D eigenvalue weighted by atomic mass is 10.2. The minimum atomic E-state index is -0.0111. The lowest BCUT2D eigenvalue weighted by Gasteiger charge is -2.30. The summed E-state index contributed by atoms with van der Waals surface area (Å²) in [5.74, 6) is 0.816. The number of benzene rings is 1. The zero-order chi connectivity index (χ0) is 21.9. The zero-order valence-electron chi connectivity index (χ0n) is 19.8. The first-order valence-corrected chi connectivity index (χ1v) is 11.3. The molecule has 7 nitrogen and oxygen atoms in total. The summed E-state index contributed by atoms with van der Waals surface area (Å²) in [4.78, 5) is 21.4. The summed E-state index contributed by atoms with van der Waals surface area (Å²) >= 11 is 0. The molecule has 1 aliphatic heterocycles. The Morgan fingerprint density at radius 2 is 1.81 bits per heavy atom. The molecule has 1 fully saturated rings. The maximum Gasteiger partial charge on any atom is 0.321 e. The average Bonchev–Trinajstić information content (AvgIpc) is 3.24. The number of guanidine groups is 1. The second-order valence-corrected chi connectivity index (χ2v) is 8.37. The van der Waals surface area contributed by atoms with Crippen molar-refractivity contribution < 1.29 is 4.79 Å². The summed E-state index contributed by atoms with van der Waals surface area (Å²) in [6.45, 7) is 15.9. The first-order valence-electron chi connectivity index (χ1n) is 11.3. The van der Waals surface area contributed by atoms with E-state index in [1.807, 2.05) is 29.2 Å². The Kier molecular flexibility index (Phi) is 12.9. The molecule has 1 saturated heterocycles. The highest BCUT2D eigenvalue weighted by Gasteiger charge is 2.17. The molecule has 0 aromatic heterocycles. The van der Waals surface area contributed by atoms with Gasteiger partial charge in [-0.3, -0.25) is 4.90 Å². The van der Waals surface area contributed by atoms with Crippen molar-refractivity contribution in [2.75, 3.05) is 38.0 Å². The van der Waals surface area contributed by atoms with Crippen molar-refractivity contribution in [3.05, 3.63) is 29.8 Å². The fourth-order valence-electron chi connectivity index (χ4n) is 3.80. The summed E-state index contributed by atoms with van der Waals surface area (Å²) in [6.07, 6.45) is 2.18. The van der Waals surface area contributed by atoms with Gasteiger partial charge in [0.2, 0.25) is 0 Å². The Morgan fingerprint density at radius 1 is 1.13 bits per heavy atom. The molecule has 176 valence electrons. The van der Waals surface area contributed by atoms with E-state index >= 15 is 0 Å². The molecule has 2 rings (SSSR count). The molecule has 1 aromatic rings. The van der Waals surface area contributed by atoms with Gasteiger partial charge in [-0.25, -0.2) is 9.79 Å². The highest BCUT2D eigenvalue weighted by atomic mass is 127. The summed E-state index contributed by atoms with van der Waals surface area (Å²) in [7, 11) is 0. The topological polar surface area (TPSA) is 72.0 Å². The normalized spacial score (nSPS) is 14.2. The second-order valence-electron chi connectivity index (χ2n) is 8.37. The third kappa shape index (κ3) is 9.64. The molecule has 8 heteroatoms. The van der Waals surface area contributed by atoms with Crippen LogP contribution in [0.5, 0.6) is 0 Å². The number of carbonyl (C=O) groups excluding carboxylic acids is 1.